The topological polar surface area (TPSA) is 70.8 Å². The number of hydrogen-bond donors (Lipinski definition) is 0. The number of nitrogens with zero attached hydrogens (tertiary/aromatic N) is 1. The lowest BCUT2D eigenvalue weighted by Crippen LogP contribution is -2.10. The average molecular weight is 458 g/mol. The van der Waals surface area contributed by atoms with E-state index in [1.165, 1.54) is 7.11 Å². The first-order valence-electron chi connectivity index (χ1n) is 11.1. The number of rotatable bonds is 9. The number of benzene rings is 3. The zero-order chi connectivity index (χ0) is 23.9. The number of oxazole rings is 1. The summed E-state index contributed by atoms with van der Waals surface area (Å²) in [5, 5.41) is 0. The number of esters is 1. The summed E-state index contributed by atoms with van der Waals surface area (Å²) in [6.07, 6.45) is 0.624. The van der Waals surface area contributed by atoms with Gasteiger partial charge in [-0.1, -0.05) is 42.5 Å². The highest BCUT2D eigenvalue weighted by Crippen LogP contribution is 2.24. The molecule has 0 amide bonds. The minimum Gasteiger partial charge on any atom is -0.493 e. The van der Waals surface area contributed by atoms with Crippen molar-refractivity contribution < 1.29 is 23.4 Å². The molecule has 174 valence electrons. The van der Waals surface area contributed by atoms with E-state index < -0.39 is 0 Å². The van der Waals surface area contributed by atoms with Crippen LogP contribution in [0.1, 0.15) is 32.9 Å². The molecule has 0 radical (unpaired) electrons. The molecule has 0 aliphatic rings. The molecule has 34 heavy (non-hydrogen) atoms. The fourth-order valence-electron chi connectivity index (χ4n) is 3.69. The highest BCUT2D eigenvalue weighted by molar-refractivity contribution is 5.92. The average Bonchev–Trinajstić information content (AvgIpc) is 3.23. The van der Waals surface area contributed by atoms with Crippen LogP contribution in [0.2, 0.25) is 0 Å². The number of carbonyl (C=O) groups excluding carboxylic acids is 1. The molecule has 6 heteroatoms. The van der Waals surface area contributed by atoms with Gasteiger partial charge < -0.3 is 18.6 Å². The van der Waals surface area contributed by atoms with Crippen LogP contribution in [0, 0.1) is 13.8 Å². The van der Waals surface area contributed by atoms with Gasteiger partial charge in [-0.05, 0) is 43.7 Å². The van der Waals surface area contributed by atoms with E-state index in [1.54, 1.807) is 0 Å². The van der Waals surface area contributed by atoms with Gasteiger partial charge in [-0.2, -0.15) is 0 Å². The molecule has 6 nitrogen and oxygen atoms in total. The number of ether oxygens (including phenoxy) is 3. The molecule has 0 bridgehead atoms. The van der Waals surface area contributed by atoms with Gasteiger partial charge in [-0.3, -0.25) is 0 Å². The van der Waals surface area contributed by atoms with Crippen molar-refractivity contribution in [2.75, 3.05) is 13.7 Å². The largest absolute Gasteiger partial charge is 0.493 e. The molecule has 0 aliphatic heterocycles. The smallest absolute Gasteiger partial charge is 0.338 e. The maximum Gasteiger partial charge on any atom is 0.338 e. The third-order valence-electron chi connectivity index (χ3n) is 5.47. The SMILES string of the molecule is COC(=O)c1c(C)cccc1COc1cccc(OCCc2nc(-c3ccccc3)oc2C)c1. The zero-order valence-corrected chi connectivity index (χ0v) is 19.5. The molecular weight excluding hydrogens is 430 g/mol. The predicted molar refractivity (Wildman–Crippen MR) is 129 cm³/mol. The lowest BCUT2D eigenvalue weighted by atomic mass is 10.0. The van der Waals surface area contributed by atoms with Crippen molar-refractivity contribution >= 4 is 5.97 Å². The van der Waals surface area contributed by atoms with Crippen LogP contribution >= 0.6 is 0 Å². The molecule has 1 heterocycles. The number of aryl methyl sites for hydroxylation is 2. The van der Waals surface area contributed by atoms with Crippen LogP contribution < -0.4 is 9.47 Å². The van der Waals surface area contributed by atoms with E-state index >= 15 is 0 Å². The fraction of sp³-hybridized carbons (Fsp3) is 0.214. The van der Waals surface area contributed by atoms with E-state index in [1.807, 2.05) is 86.6 Å². The standard InChI is InChI=1S/C28H27NO5/c1-19-9-7-12-22(26(19)28(30)31-3)18-33-24-14-8-13-23(17-24)32-16-15-25-20(2)34-27(29-25)21-10-5-4-6-11-21/h4-14,17H,15-16,18H2,1-3H3. The number of carbonyl (C=O) groups is 1. The summed E-state index contributed by atoms with van der Waals surface area (Å²) in [5.41, 5.74) is 3.99. The Hall–Kier alpha value is -4.06. The summed E-state index contributed by atoms with van der Waals surface area (Å²) in [4.78, 5) is 16.8. The Labute approximate surface area is 199 Å². The first-order valence-corrected chi connectivity index (χ1v) is 11.1. The van der Waals surface area contributed by atoms with E-state index in [2.05, 4.69) is 4.98 Å². The van der Waals surface area contributed by atoms with Crippen molar-refractivity contribution in [2.24, 2.45) is 0 Å². The van der Waals surface area contributed by atoms with Crippen molar-refractivity contribution in [3.8, 4) is 23.0 Å². The quantitative estimate of drug-likeness (QED) is 0.290. The minimum atomic E-state index is -0.368. The molecule has 1 aromatic heterocycles. The molecule has 0 saturated carbocycles. The van der Waals surface area contributed by atoms with Crippen molar-refractivity contribution in [3.63, 3.8) is 0 Å². The first-order chi connectivity index (χ1) is 16.5. The highest BCUT2D eigenvalue weighted by atomic mass is 16.5. The molecule has 0 spiro atoms. The van der Waals surface area contributed by atoms with Crippen molar-refractivity contribution in [2.45, 2.75) is 26.9 Å². The van der Waals surface area contributed by atoms with Crippen LogP contribution in [0.5, 0.6) is 11.5 Å². The van der Waals surface area contributed by atoms with E-state index in [0.29, 0.717) is 36.0 Å². The summed E-state index contributed by atoms with van der Waals surface area (Å²) < 4.78 is 22.6. The molecular formula is C28H27NO5. The number of aromatic nitrogens is 1. The van der Waals surface area contributed by atoms with Crippen LogP contribution in [0.4, 0.5) is 0 Å². The molecule has 0 aliphatic carbocycles. The second kappa shape index (κ2) is 10.7. The minimum absolute atomic E-state index is 0.246. The van der Waals surface area contributed by atoms with Gasteiger partial charge in [0.1, 0.15) is 23.9 Å². The van der Waals surface area contributed by atoms with Crippen LogP contribution in [0.25, 0.3) is 11.5 Å². The Balaban J connectivity index is 1.36. The molecule has 0 saturated heterocycles. The lowest BCUT2D eigenvalue weighted by Gasteiger charge is -2.13. The van der Waals surface area contributed by atoms with Crippen LogP contribution in [0.15, 0.2) is 77.2 Å². The maximum absolute atomic E-state index is 12.2. The van der Waals surface area contributed by atoms with Gasteiger partial charge in [0.05, 0.1) is 25.0 Å². The van der Waals surface area contributed by atoms with Gasteiger partial charge in [0.25, 0.3) is 0 Å². The lowest BCUT2D eigenvalue weighted by molar-refractivity contribution is 0.0597. The van der Waals surface area contributed by atoms with Crippen molar-refractivity contribution in [1.82, 2.24) is 4.98 Å². The first kappa shape index (κ1) is 23.1. The van der Waals surface area contributed by atoms with E-state index in [9.17, 15) is 4.79 Å². The van der Waals surface area contributed by atoms with Gasteiger partial charge >= 0.3 is 5.97 Å². The summed E-state index contributed by atoms with van der Waals surface area (Å²) in [6.45, 7) is 4.49. The number of hydrogen-bond acceptors (Lipinski definition) is 6. The second-order valence-electron chi connectivity index (χ2n) is 7.85. The normalized spacial score (nSPS) is 10.7. The van der Waals surface area contributed by atoms with Crippen molar-refractivity contribution in [3.05, 3.63) is 101 Å². The molecule has 0 atom stereocenters. The summed E-state index contributed by atoms with van der Waals surface area (Å²) in [7, 11) is 1.38. The molecule has 4 rings (SSSR count). The van der Waals surface area contributed by atoms with E-state index in [4.69, 9.17) is 18.6 Å². The number of methoxy groups -OCH3 is 1. The van der Waals surface area contributed by atoms with Gasteiger partial charge in [0.15, 0.2) is 0 Å². The maximum atomic E-state index is 12.2. The highest BCUT2D eigenvalue weighted by Gasteiger charge is 2.15. The Morgan fingerprint density at radius 1 is 0.912 bits per heavy atom. The monoisotopic (exact) mass is 457 g/mol. The second-order valence-corrected chi connectivity index (χ2v) is 7.85. The van der Waals surface area contributed by atoms with Gasteiger partial charge in [-0.15, -0.1) is 0 Å². The van der Waals surface area contributed by atoms with Gasteiger partial charge in [-0.25, -0.2) is 9.78 Å². The summed E-state index contributed by atoms with van der Waals surface area (Å²) in [6, 6.07) is 22.9. The van der Waals surface area contributed by atoms with Gasteiger partial charge in [0, 0.05) is 23.6 Å². The third kappa shape index (κ3) is 5.46. The zero-order valence-electron chi connectivity index (χ0n) is 19.5. The Morgan fingerprint density at radius 3 is 2.41 bits per heavy atom. The fourth-order valence-corrected chi connectivity index (χ4v) is 3.69. The molecule has 0 fully saturated rings. The molecule has 4 aromatic rings. The molecule has 0 N–H and O–H groups in total. The van der Waals surface area contributed by atoms with Crippen LogP contribution in [0.3, 0.4) is 0 Å². The third-order valence-corrected chi connectivity index (χ3v) is 5.47. The van der Waals surface area contributed by atoms with Gasteiger partial charge in [0.2, 0.25) is 5.89 Å². The van der Waals surface area contributed by atoms with Crippen molar-refractivity contribution in [1.29, 1.82) is 0 Å². The predicted octanol–water partition coefficient (Wildman–Crippen LogP) is 5.95. The van der Waals surface area contributed by atoms with E-state index in [-0.39, 0.29) is 12.6 Å². The Morgan fingerprint density at radius 2 is 1.65 bits per heavy atom. The van der Waals surface area contributed by atoms with Crippen LogP contribution in [-0.2, 0) is 17.8 Å². The van der Waals surface area contributed by atoms with E-state index in [0.717, 1.165) is 28.1 Å². The Kier molecular flexibility index (Phi) is 7.28. The Bertz CT molecular complexity index is 1260. The van der Waals surface area contributed by atoms with Crippen LogP contribution in [-0.4, -0.2) is 24.7 Å². The molecule has 0 unspecified atom stereocenters. The molecule has 3 aromatic carbocycles. The summed E-state index contributed by atoms with van der Waals surface area (Å²) >= 11 is 0. The summed E-state index contributed by atoms with van der Waals surface area (Å²) in [5.74, 6) is 2.38.